The van der Waals surface area contributed by atoms with Gasteiger partial charge in [0.2, 0.25) is 5.17 Å². The number of thioether (sulfide) groups is 1. The molecule has 0 saturated carbocycles. The predicted molar refractivity (Wildman–Crippen MR) is 28.4 cm³/mol. The van der Waals surface area contributed by atoms with E-state index in [4.69, 9.17) is 5.73 Å². The van der Waals surface area contributed by atoms with Gasteiger partial charge in [0.1, 0.15) is 0 Å². The van der Waals surface area contributed by atoms with Gasteiger partial charge < -0.3 is 10.9 Å². The fourth-order valence-electron chi connectivity index (χ4n) is 0.323. The first-order chi connectivity index (χ1) is 3.29. The molecule has 0 bridgehead atoms. The Kier molecular flexibility index (Phi) is 1.18. The van der Waals surface area contributed by atoms with Gasteiger partial charge in [0.15, 0.2) is 5.88 Å². The first kappa shape index (κ1) is 4.89. The third kappa shape index (κ3) is 1.05. The number of nitrogens with zero attached hydrogens (tertiary/aromatic N) is 1. The molecule has 0 aliphatic carbocycles. The van der Waals surface area contributed by atoms with E-state index in [-0.39, 0.29) is 5.17 Å². The van der Waals surface area contributed by atoms with Crippen LogP contribution in [0.2, 0.25) is 0 Å². The van der Waals surface area contributed by atoms with Gasteiger partial charge in [-0.2, -0.15) is 0 Å². The lowest BCUT2D eigenvalue weighted by Crippen LogP contribution is -3.00. The average molecular weight is 119 g/mol. The fourth-order valence-corrected chi connectivity index (χ4v) is 0.825. The number of hydrogen-bond acceptors (Lipinski definition) is 4. The molecule has 0 aromatic carbocycles. The van der Waals surface area contributed by atoms with Gasteiger partial charge in [-0.3, -0.25) is 0 Å². The number of rotatable bonds is 0. The summed E-state index contributed by atoms with van der Waals surface area (Å²) in [6.07, 6.45) is 0. The lowest BCUT2D eigenvalue weighted by molar-refractivity contribution is -0.838. The van der Waals surface area contributed by atoms with Crippen LogP contribution in [-0.2, 0) is 0 Å². The second-order valence-electron chi connectivity index (χ2n) is 1.13. The van der Waals surface area contributed by atoms with Crippen LogP contribution in [0.4, 0.5) is 0 Å². The summed E-state index contributed by atoms with van der Waals surface area (Å²) in [6.45, 7) is 0. The van der Waals surface area contributed by atoms with E-state index in [1.54, 1.807) is 0 Å². The predicted octanol–water partition coefficient (Wildman–Crippen LogP) is -1.70. The van der Waals surface area contributed by atoms with Gasteiger partial charge in [-0.05, 0) is 11.8 Å². The van der Waals surface area contributed by atoms with Crippen molar-refractivity contribution in [1.82, 2.24) is 0 Å². The summed E-state index contributed by atoms with van der Waals surface area (Å²) in [5.74, 6) is 0.422. The molecule has 1 heterocycles. The van der Waals surface area contributed by atoms with Crippen molar-refractivity contribution < 1.29 is 5.17 Å². The smallest absolute Gasteiger partial charge is 0.219 e. The van der Waals surface area contributed by atoms with Crippen LogP contribution in [-0.4, -0.2) is 11.0 Å². The Morgan fingerprint density at radius 3 is 2.86 bits per heavy atom. The summed E-state index contributed by atoms with van der Waals surface area (Å²) in [6, 6.07) is 0. The van der Waals surface area contributed by atoms with Crippen molar-refractivity contribution in [1.29, 1.82) is 0 Å². The molecule has 4 nitrogen and oxygen atoms in total. The van der Waals surface area contributed by atoms with E-state index >= 15 is 0 Å². The summed E-state index contributed by atoms with van der Waals surface area (Å²) in [5, 5.41) is 13.8. The molecular formula is C2H5N3OS. The van der Waals surface area contributed by atoms with Crippen LogP contribution in [0, 0.1) is 5.21 Å². The van der Waals surface area contributed by atoms with Gasteiger partial charge in [0.25, 0.3) is 0 Å². The van der Waals surface area contributed by atoms with Crippen molar-refractivity contribution in [2.45, 2.75) is 0 Å². The third-order valence-electron chi connectivity index (χ3n) is 0.578. The number of nitrogens with two attached hydrogens (primary N) is 1. The van der Waals surface area contributed by atoms with E-state index in [0.717, 1.165) is 0 Å². The minimum Gasteiger partial charge on any atom is -0.605 e. The molecule has 0 aromatic rings. The fraction of sp³-hybridized carbons (Fsp3) is 0.500. The van der Waals surface area contributed by atoms with Crippen molar-refractivity contribution >= 4 is 16.9 Å². The summed E-state index contributed by atoms with van der Waals surface area (Å²) in [5.41, 5.74) is 5.12. The van der Waals surface area contributed by atoms with Crippen LogP contribution < -0.4 is 10.9 Å². The number of quaternary nitrogens is 1. The lowest BCUT2D eigenvalue weighted by Gasteiger charge is -2.03. The van der Waals surface area contributed by atoms with Crippen molar-refractivity contribution in [2.75, 3.05) is 5.88 Å². The molecule has 0 spiro atoms. The zero-order valence-electron chi connectivity index (χ0n) is 3.55. The molecule has 1 unspecified atom stereocenters. The summed E-state index contributed by atoms with van der Waals surface area (Å²) >= 11 is 1.28. The maximum Gasteiger partial charge on any atom is 0.219 e. The van der Waals surface area contributed by atoms with Crippen molar-refractivity contribution in [3.05, 3.63) is 5.21 Å². The Morgan fingerprint density at radius 1 is 2.00 bits per heavy atom. The summed E-state index contributed by atoms with van der Waals surface area (Å²) in [4.78, 5) is 0. The quantitative estimate of drug-likeness (QED) is 0.374. The van der Waals surface area contributed by atoms with Crippen LogP contribution in [0.1, 0.15) is 0 Å². The number of nitrogens with one attached hydrogen (secondary N) is 1. The molecule has 5 heteroatoms. The summed E-state index contributed by atoms with van der Waals surface area (Å²) < 4.78 is 0. The second-order valence-corrected chi connectivity index (χ2v) is 2.13. The maximum atomic E-state index is 10.2. The maximum absolute atomic E-state index is 10.2. The van der Waals surface area contributed by atoms with Gasteiger partial charge in [-0.15, -0.1) is 0 Å². The standard InChI is InChI=1S/C2H5N3OS/c3-2-4-5(6)1-7-2/h5H,1H2,(H2,3,4). The zero-order valence-corrected chi connectivity index (χ0v) is 4.36. The Balaban J connectivity index is 2.50. The van der Waals surface area contributed by atoms with Crippen LogP contribution in [0.25, 0.3) is 0 Å². The Hall–Kier alpha value is -0.260. The van der Waals surface area contributed by atoms with Crippen LogP contribution in [0.15, 0.2) is 5.10 Å². The minimum absolute atomic E-state index is 0.123. The normalized spacial score (nSPS) is 30.4. The highest BCUT2D eigenvalue weighted by Gasteiger charge is 2.08. The molecule has 0 aromatic heterocycles. The molecular weight excluding hydrogens is 114 g/mol. The van der Waals surface area contributed by atoms with Crippen molar-refractivity contribution in [3.8, 4) is 0 Å². The molecule has 1 atom stereocenters. The molecule has 40 valence electrons. The van der Waals surface area contributed by atoms with E-state index in [0.29, 0.717) is 11.0 Å². The molecule has 1 aliphatic heterocycles. The highest BCUT2D eigenvalue weighted by atomic mass is 32.2. The largest absolute Gasteiger partial charge is 0.605 e. The number of hydrogen-bond donors (Lipinski definition) is 2. The Morgan fingerprint density at radius 2 is 2.71 bits per heavy atom. The van der Waals surface area contributed by atoms with Crippen LogP contribution >= 0.6 is 11.8 Å². The summed E-state index contributed by atoms with van der Waals surface area (Å²) in [7, 11) is 0. The molecule has 1 aliphatic rings. The van der Waals surface area contributed by atoms with E-state index in [9.17, 15) is 5.21 Å². The van der Waals surface area contributed by atoms with Crippen molar-refractivity contribution in [3.63, 3.8) is 0 Å². The van der Waals surface area contributed by atoms with E-state index in [2.05, 4.69) is 5.10 Å². The highest BCUT2D eigenvalue weighted by molar-refractivity contribution is 8.13. The molecule has 7 heavy (non-hydrogen) atoms. The highest BCUT2D eigenvalue weighted by Crippen LogP contribution is 1.96. The average Bonchev–Trinajstić information content (AvgIpc) is 1.87. The molecule has 1 rings (SSSR count). The van der Waals surface area contributed by atoms with E-state index < -0.39 is 0 Å². The third-order valence-corrected chi connectivity index (χ3v) is 1.36. The Bertz CT molecular complexity index is 103. The van der Waals surface area contributed by atoms with Gasteiger partial charge in [-0.25, -0.2) is 5.17 Å². The molecule has 0 amide bonds. The minimum atomic E-state index is -0.123. The Labute approximate surface area is 44.9 Å². The number of hydroxylamine groups is 1. The number of amidine groups is 1. The van der Waals surface area contributed by atoms with Gasteiger partial charge in [0, 0.05) is 0 Å². The first-order valence-corrected chi connectivity index (χ1v) is 2.77. The molecule has 0 saturated heterocycles. The molecule has 3 N–H and O–H groups in total. The molecule has 0 fully saturated rings. The zero-order chi connectivity index (χ0) is 5.28. The van der Waals surface area contributed by atoms with E-state index in [1.165, 1.54) is 11.8 Å². The van der Waals surface area contributed by atoms with Gasteiger partial charge in [0.05, 0.1) is 0 Å². The monoisotopic (exact) mass is 119 g/mol. The SMILES string of the molecule is NC1=N[NH+]([O-])CS1. The van der Waals surface area contributed by atoms with Crippen LogP contribution in [0.3, 0.4) is 0 Å². The topological polar surface area (TPSA) is 65.9 Å². The van der Waals surface area contributed by atoms with E-state index in [1.807, 2.05) is 0 Å². The van der Waals surface area contributed by atoms with Crippen molar-refractivity contribution in [2.24, 2.45) is 10.8 Å². The lowest BCUT2D eigenvalue weighted by atomic mass is 11.3. The second kappa shape index (κ2) is 1.69. The van der Waals surface area contributed by atoms with Gasteiger partial charge >= 0.3 is 0 Å². The van der Waals surface area contributed by atoms with Gasteiger partial charge in [-0.1, -0.05) is 5.10 Å². The first-order valence-electron chi connectivity index (χ1n) is 1.79. The molecule has 0 radical (unpaired) electrons. The van der Waals surface area contributed by atoms with Crippen LogP contribution in [0.5, 0.6) is 0 Å².